The lowest BCUT2D eigenvalue weighted by Crippen LogP contribution is -2.44. The van der Waals surface area contributed by atoms with Crippen LogP contribution in [-0.4, -0.2) is 68.9 Å². The molecule has 0 bridgehead atoms. The molecule has 0 spiro atoms. The number of halogens is 2. The average Bonchev–Trinajstić information content (AvgIpc) is 2.75. The van der Waals surface area contributed by atoms with E-state index in [1.807, 2.05) is 26.0 Å². The number of hydrogen-bond acceptors (Lipinski definition) is 7. The van der Waals surface area contributed by atoms with Crippen LogP contribution in [0.3, 0.4) is 0 Å². The minimum absolute atomic E-state index is 0. The lowest BCUT2D eigenvalue weighted by molar-refractivity contribution is 0.326. The van der Waals surface area contributed by atoms with Crippen LogP contribution in [0.2, 0.25) is 0 Å². The highest BCUT2D eigenvalue weighted by Gasteiger charge is 2.13. The van der Waals surface area contributed by atoms with Crippen LogP contribution in [0.5, 0.6) is 5.88 Å². The zero-order chi connectivity index (χ0) is 21.3. The summed E-state index contributed by atoms with van der Waals surface area (Å²) < 4.78 is 18.5. The number of aromatic nitrogens is 2. The highest BCUT2D eigenvalue weighted by atomic mass is 35.5. The van der Waals surface area contributed by atoms with Crippen LogP contribution in [0.15, 0.2) is 24.3 Å². The summed E-state index contributed by atoms with van der Waals surface area (Å²) in [5.41, 5.74) is 2.12. The van der Waals surface area contributed by atoms with Crippen molar-refractivity contribution in [1.82, 2.24) is 20.6 Å². The van der Waals surface area contributed by atoms with E-state index in [1.54, 1.807) is 0 Å². The van der Waals surface area contributed by atoms with Gasteiger partial charge in [-0.2, -0.15) is 9.37 Å². The van der Waals surface area contributed by atoms with E-state index < -0.39 is 5.95 Å². The second kappa shape index (κ2) is 12.6. The Morgan fingerprint density at radius 3 is 1.81 bits per heavy atom. The first kappa shape index (κ1) is 25.1. The van der Waals surface area contributed by atoms with Gasteiger partial charge in [0.15, 0.2) is 0 Å². The number of piperazine rings is 2. The van der Waals surface area contributed by atoms with Crippen molar-refractivity contribution in [3.8, 4) is 5.88 Å². The molecule has 0 radical (unpaired) electrons. The predicted molar refractivity (Wildman–Crippen MR) is 126 cm³/mol. The molecule has 0 aliphatic carbocycles. The Kier molecular flexibility index (Phi) is 10.2. The van der Waals surface area contributed by atoms with Gasteiger partial charge in [0.05, 0.1) is 6.61 Å². The van der Waals surface area contributed by atoms with Gasteiger partial charge < -0.3 is 25.2 Å². The van der Waals surface area contributed by atoms with Crippen molar-refractivity contribution < 1.29 is 9.13 Å². The van der Waals surface area contributed by atoms with E-state index in [4.69, 9.17) is 4.74 Å². The fraction of sp³-hybridized carbons (Fsp3) is 0.545. The number of aryl methyl sites for hydroxylation is 2. The third-order valence-electron chi connectivity index (χ3n) is 5.03. The second-order valence-electron chi connectivity index (χ2n) is 7.57. The smallest absolute Gasteiger partial charge is 0.215 e. The van der Waals surface area contributed by atoms with Gasteiger partial charge >= 0.3 is 0 Å². The molecule has 0 atom stereocenters. The second-order valence-corrected chi connectivity index (χ2v) is 7.57. The number of pyridine rings is 2. The summed E-state index contributed by atoms with van der Waals surface area (Å²) in [6.45, 7) is 14.4. The van der Waals surface area contributed by atoms with E-state index in [9.17, 15) is 4.39 Å². The topological polar surface area (TPSA) is 65.5 Å². The Morgan fingerprint density at radius 2 is 1.32 bits per heavy atom. The fourth-order valence-corrected chi connectivity index (χ4v) is 3.56. The Labute approximate surface area is 190 Å². The molecule has 2 aliphatic heterocycles. The van der Waals surface area contributed by atoms with E-state index in [-0.39, 0.29) is 12.4 Å². The molecule has 31 heavy (non-hydrogen) atoms. The largest absolute Gasteiger partial charge is 0.478 e. The van der Waals surface area contributed by atoms with E-state index >= 15 is 0 Å². The summed E-state index contributed by atoms with van der Waals surface area (Å²) in [5.74, 6) is 2.13. The number of rotatable bonds is 4. The minimum atomic E-state index is -0.390. The minimum Gasteiger partial charge on any atom is -0.478 e. The fourth-order valence-electron chi connectivity index (χ4n) is 3.56. The van der Waals surface area contributed by atoms with Crippen molar-refractivity contribution >= 4 is 24.0 Å². The summed E-state index contributed by atoms with van der Waals surface area (Å²) in [6, 6.07) is 7.48. The lowest BCUT2D eigenvalue weighted by Gasteiger charge is -2.28. The number of hydrogen-bond donors (Lipinski definition) is 2. The van der Waals surface area contributed by atoms with Crippen molar-refractivity contribution in [2.75, 3.05) is 68.8 Å². The molecule has 2 aliphatic rings. The maximum Gasteiger partial charge on any atom is 0.215 e. The van der Waals surface area contributed by atoms with E-state index in [0.717, 1.165) is 75.4 Å². The first-order valence-electron chi connectivity index (χ1n) is 10.7. The molecule has 2 fully saturated rings. The Bertz CT molecular complexity index is 792. The highest BCUT2D eigenvalue weighted by molar-refractivity contribution is 5.85. The summed E-state index contributed by atoms with van der Waals surface area (Å²) in [4.78, 5) is 12.8. The molecule has 0 unspecified atom stereocenters. The molecular formula is C22H34ClFN6O. The Hall–Kier alpha value is -2.16. The van der Waals surface area contributed by atoms with Crippen molar-refractivity contribution in [2.24, 2.45) is 0 Å². The molecule has 9 heteroatoms. The van der Waals surface area contributed by atoms with Crippen LogP contribution in [0.1, 0.15) is 18.1 Å². The van der Waals surface area contributed by atoms with Crippen LogP contribution in [0, 0.1) is 19.8 Å². The van der Waals surface area contributed by atoms with Gasteiger partial charge in [-0.1, -0.05) is 0 Å². The normalized spacial score (nSPS) is 16.1. The van der Waals surface area contributed by atoms with Crippen molar-refractivity contribution in [3.05, 3.63) is 41.3 Å². The lowest BCUT2D eigenvalue weighted by atomic mass is 10.2. The maximum atomic E-state index is 13.0. The van der Waals surface area contributed by atoms with Crippen LogP contribution < -0.4 is 25.2 Å². The van der Waals surface area contributed by atoms with Gasteiger partial charge in [-0.15, -0.1) is 12.4 Å². The zero-order valence-corrected chi connectivity index (χ0v) is 19.5. The average molecular weight is 453 g/mol. The summed E-state index contributed by atoms with van der Waals surface area (Å²) in [5, 5.41) is 6.59. The van der Waals surface area contributed by atoms with Gasteiger partial charge in [0.2, 0.25) is 11.8 Å². The number of nitrogens with zero attached hydrogens (tertiary/aromatic N) is 4. The maximum absolute atomic E-state index is 13.0. The van der Waals surface area contributed by atoms with Gasteiger partial charge in [0.1, 0.15) is 11.6 Å². The van der Waals surface area contributed by atoms with Gasteiger partial charge in [0.25, 0.3) is 0 Å². The van der Waals surface area contributed by atoms with Crippen molar-refractivity contribution in [3.63, 3.8) is 0 Å². The molecule has 2 aromatic rings. The predicted octanol–water partition coefficient (Wildman–Crippen LogP) is 2.56. The molecule has 2 N–H and O–H groups in total. The van der Waals surface area contributed by atoms with Crippen molar-refractivity contribution in [2.45, 2.75) is 20.8 Å². The molecule has 0 amide bonds. The molecule has 0 aromatic carbocycles. The molecule has 4 rings (SSSR count). The number of nitrogens with one attached hydrogen (secondary N) is 2. The third-order valence-corrected chi connectivity index (χ3v) is 5.03. The van der Waals surface area contributed by atoms with Gasteiger partial charge in [-0.3, -0.25) is 0 Å². The van der Waals surface area contributed by atoms with Crippen LogP contribution in [-0.2, 0) is 0 Å². The molecule has 2 aromatic heterocycles. The van der Waals surface area contributed by atoms with E-state index in [1.165, 1.54) is 11.6 Å². The van der Waals surface area contributed by atoms with Gasteiger partial charge in [-0.05, 0) is 50.1 Å². The van der Waals surface area contributed by atoms with Gasteiger partial charge in [-0.25, -0.2) is 4.98 Å². The van der Waals surface area contributed by atoms with Crippen LogP contribution in [0.4, 0.5) is 16.0 Å². The van der Waals surface area contributed by atoms with E-state index in [0.29, 0.717) is 6.61 Å². The standard InChI is InChI=1S/C12H19N3O.C10H14FN3.ClH/c1-3-16-12-9-10(2)8-11(14-12)15-6-4-13-5-7-15;1-8-6-9(11)13-10(7-8)14-4-2-12-3-5-14;/h8-9,13H,3-7H2,1-2H3;6-7,12H,2-5H2,1H3;1H. The monoisotopic (exact) mass is 452 g/mol. The zero-order valence-electron chi connectivity index (χ0n) is 18.7. The first-order valence-corrected chi connectivity index (χ1v) is 10.7. The number of ether oxygens (including phenoxy) is 1. The molecule has 0 saturated carbocycles. The molecule has 7 nitrogen and oxygen atoms in total. The molecule has 172 valence electrons. The number of anilines is 2. The van der Waals surface area contributed by atoms with E-state index in [2.05, 4.69) is 43.4 Å². The SMILES string of the molecule is CCOc1cc(C)cc(N2CCNCC2)n1.Cc1cc(F)nc(N2CCNCC2)c1.Cl. The molecular weight excluding hydrogens is 419 g/mol. The molecule has 2 saturated heterocycles. The third kappa shape index (κ3) is 7.79. The summed E-state index contributed by atoms with van der Waals surface area (Å²) in [6.07, 6.45) is 0. The van der Waals surface area contributed by atoms with Crippen molar-refractivity contribution in [1.29, 1.82) is 0 Å². The Morgan fingerprint density at radius 1 is 0.839 bits per heavy atom. The highest BCUT2D eigenvalue weighted by Crippen LogP contribution is 2.19. The van der Waals surface area contributed by atoms with Gasteiger partial charge in [0, 0.05) is 58.4 Å². The summed E-state index contributed by atoms with van der Waals surface area (Å²) >= 11 is 0. The van der Waals surface area contributed by atoms with Crippen LogP contribution in [0.25, 0.3) is 0 Å². The summed E-state index contributed by atoms with van der Waals surface area (Å²) in [7, 11) is 0. The van der Waals surface area contributed by atoms with Crippen LogP contribution >= 0.6 is 12.4 Å². The quantitative estimate of drug-likeness (QED) is 0.691. The Balaban J connectivity index is 0.000000215. The first-order chi connectivity index (χ1) is 14.5. The molecule has 4 heterocycles.